The summed E-state index contributed by atoms with van der Waals surface area (Å²) >= 11 is 5.50. The summed E-state index contributed by atoms with van der Waals surface area (Å²) in [7, 11) is 0. The lowest BCUT2D eigenvalue weighted by Gasteiger charge is -2.11. The third-order valence-corrected chi connectivity index (χ3v) is 2.87. The van der Waals surface area contributed by atoms with E-state index in [1.165, 1.54) is 18.5 Å². The molecule has 0 aliphatic heterocycles. The minimum atomic E-state index is -4.60. The molecule has 0 bridgehead atoms. The first-order valence-corrected chi connectivity index (χ1v) is 6.12. The molecule has 0 fully saturated rings. The third kappa shape index (κ3) is 3.69. The van der Waals surface area contributed by atoms with Gasteiger partial charge in [0.25, 0.3) is 5.91 Å². The van der Waals surface area contributed by atoms with E-state index in [2.05, 4.69) is 15.3 Å². The topological polar surface area (TPSA) is 54.9 Å². The number of hydrogen-bond donors (Lipinski definition) is 1. The highest BCUT2D eigenvalue weighted by Crippen LogP contribution is 2.36. The van der Waals surface area contributed by atoms with Crippen LogP contribution < -0.4 is 5.32 Å². The van der Waals surface area contributed by atoms with Crippen molar-refractivity contribution < 1.29 is 18.0 Å². The number of carbonyl (C=O) groups excluding carboxylic acids is 1. The lowest BCUT2D eigenvalue weighted by atomic mass is 10.2. The van der Waals surface area contributed by atoms with E-state index in [-0.39, 0.29) is 11.4 Å². The molecule has 1 amide bonds. The van der Waals surface area contributed by atoms with E-state index < -0.39 is 22.7 Å². The first-order valence-electron chi connectivity index (χ1n) is 5.74. The maximum atomic E-state index is 12.7. The molecule has 1 heterocycles. The van der Waals surface area contributed by atoms with Gasteiger partial charge in [-0.05, 0) is 25.1 Å². The largest absolute Gasteiger partial charge is 0.417 e. The number of benzene rings is 1. The number of nitrogens with zero attached hydrogens (tertiary/aromatic N) is 2. The van der Waals surface area contributed by atoms with E-state index in [1.807, 2.05) is 0 Å². The van der Waals surface area contributed by atoms with Crippen LogP contribution in [0.15, 0.2) is 30.6 Å². The van der Waals surface area contributed by atoms with Crippen LogP contribution in [0.2, 0.25) is 5.02 Å². The number of nitrogens with one attached hydrogen (secondary N) is 1. The van der Waals surface area contributed by atoms with E-state index in [0.29, 0.717) is 5.69 Å². The smallest absolute Gasteiger partial charge is 0.321 e. The van der Waals surface area contributed by atoms with E-state index >= 15 is 0 Å². The first kappa shape index (κ1) is 15.2. The number of alkyl halides is 3. The molecule has 21 heavy (non-hydrogen) atoms. The molecule has 0 unspecified atom stereocenters. The molecule has 0 aliphatic carbocycles. The summed E-state index contributed by atoms with van der Waals surface area (Å²) in [6, 6.07) is 3.11. The Bertz CT molecular complexity index is 671. The molecule has 1 aromatic carbocycles. The Morgan fingerprint density at radius 1 is 1.24 bits per heavy atom. The zero-order chi connectivity index (χ0) is 15.6. The van der Waals surface area contributed by atoms with Crippen LogP contribution in [-0.2, 0) is 6.18 Å². The molecule has 110 valence electrons. The highest BCUT2D eigenvalue weighted by Gasteiger charge is 2.33. The monoisotopic (exact) mass is 315 g/mol. The Labute approximate surface area is 123 Å². The molecule has 8 heteroatoms. The van der Waals surface area contributed by atoms with Gasteiger partial charge in [-0.1, -0.05) is 11.6 Å². The van der Waals surface area contributed by atoms with Gasteiger partial charge in [0.15, 0.2) is 0 Å². The van der Waals surface area contributed by atoms with Gasteiger partial charge in [0.05, 0.1) is 22.5 Å². The van der Waals surface area contributed by atoms with Crippen LogP contribution >= 0.6 is 11.6 Å². The SMILES string of the molecule is Cc1cnc(C(=O)Nc2ccc(Cl)c(C(F)(F)F)c2)cn1. The summed E-state index contributed by atoms with van der Waals surface area (Å²) in [5.74, 6) is -0.655. The summed E-state index contributed by atoms with van der Waals surface area (Å²) in [5.41, 5.74) is -0.419. The molecule has 0 saturated heterocycles. The van der Waals surface area contributed by atoms with Crippen molar-refractivity contribution in [2.24, 2.45) is 0 Å². The second-order valence-electron chi connectivity index (χ2n) is 4.19. The molecule has 0 atom stereocenters. The number of amides is 1. The van der Waals surface area contributed by atoms with Crippen LogP contribution in [0.4, 0.5) is 18.9 Å². The van der Waals surface area contributed by atoms with Crippen molar-refractivity contribution >= 4 is 23.2 Å². The van der Waals surface area contributed by atoms with Gasteiger partial charge in [0.1, 0.15) is 5.69 Å². The molecule has 0 saturated carbocycles. The molecule has 0 radical (unpaired) electrons. The number of aryl methyl sites for hydroxylation is 1. The fourth-order valence-corrected chi connectivity index (χ4v) is 1.75. The number of carbonyl (C=O) groups is 1. The van der Waals surface area contributed by atoms with Crippen LogP contribution in [0.3, 0.4) is 0 Å². The van der Waals surface area contributed by atoms with Gasteiger partial charge >= 0.3 is 6.18 Å². The Balaban J connectivity index is 2.24. The van der Waals surface area contributed by atoms with Gasteiger partial charge < -0.3 is 5.32 Å². The normalized spacial score (nSPS) is 11.3. The van der Waals surface area contributed by atoms with Crippen LogP contribution in [0.1, 0.15) is 21.7 Å². The quantitative estimate of drug-likeness (QED) is 0.919. The number of aromatic nitrogens is 2. The Morgan fingerprint density at radius 3 is 2.52 bits per heavy atom. The summed E-state index contributed by atoms with van der Waals surface area (Å²) in [4.78, 5) is 19.6. The van der Waals surface area contributed by atoms with Crippen molar-refractivity contribution in [1.82, 2.24) is 9.97 Å². The molecular weight excluding hydrogens is 307 g/mol. The van der Waals surface area contributed by atoms with E-state index in [4.69, 9.17) is 11.6 Å². The van der Waals surface area contributed by atoms with Crippen molar-refractivity contribution in [2.75, 3.05) is 5.32 Å². The highest BCUT2D eigenvalue weighted by atomic mass is 35.5. The van der Waals surface area contributed by atoms with E-state index in [9.17, 15) is 18.0 Å². The molecule has 2 rings (SSSR count). The summed E-state index contributed by atoms with van der Waals surface area (Å²) in [6.07, 6.45) is -1.97. The lowest BCUT2D eigenvalue weighted by Crippen LogP contribution is -2.15. The molecule has 0 spiro atoms. The summed E-state index contributed by atoms with van der Waals surface area (Å²) in [6.45, 7) is 1.70. The predicted octanol–water partition coefficient (Wildman–Crippen LogP) is 3.71. The average Bonchev–Trinajstić information content (AvgIpc) is 2.40. The predicted molar refractivity (Wildman–Crippen MR) is 71.2 cm³/mol. The number of halogens is 4. The first-order chi connectivity index (χ1) is 9.77. The van der Waals surface area contributed by atoms with Gasteiger partial charge in [0.2, 0.25) is 0 Å². The maximum absolute atomic E-state index is 12.7. The van der Waals surface area contributed by atoms with Gasteiger partial charge in [-0.25, -0.2) is 4.98 Å². The van der Waals surface area contributed by atoms with Crippen LogP contribution in [0, 0.1) is 6.92 Å². The van der Waals surface area contributed by atoms with Crippen molar-refractivity contribution in [1.29, 1.82) is 0 Å². The van der Waals surface area contributed by atoms with Crippen LogP contribution in [0.5, 0.6) is 0 Å². The molecule has 1 N–H and O–H groups in total. The fourth-order valence-electron chi connectivity index (χ4n) is 1.53. The van der Waals surface area contributed by atoms with Crippen molar-refractivity contribution in [3.63, 3.8) is 0 Å². The maximum Gasteiger partial charge on any atom is 0.417 e. The van der Waals surface area contributed by atoms with E-state index in [1.54, 1.807) is 6.92 Å². The summed E-state index contributed by atoms with van der Waals surface area (Å²) < 4.78 is 38.1. The van der Waals surface area contributed by atoms with Gasteiger partial charge in [-0.2, -0.15) is 13.2 Å². The van der Waals surface area contributed by atoms with E-state index in [0.717, 1.165) is 12.1 Å². The Kier molecular flexibility index (Phi) is 4.13. The number of anilines is 1. The van der Waals surface area contributed by atoms with Crippen molar-refractivity contribution in [3.8, 4) is 0 Å². The zero-order valence-corrected chi connectivity index (χ0v) is 11.5. The molecule has 1 aromatic heterocycles. The van der Waals surface area contributed by atoms with Gasteiger partial charge in [-0.15, -0.1) is 0 Å². The minimum absolute atomic E-state index is 0.00380. The minimum Gasteiger partial charge on any atom is -0.321 e. The van der Waals surface area contributed by atoms with Crippen LogP contribution in [0.25, 0.3) is 0 Å². The highest BCUT2D eigenvalue weighted by molar-refractivity contribution is 6.31. The molecular formula is C13H9ClF3N3O. The number of rotatable bonds is 2. The fraction of sp³-hybridized carbons (Fsp3) is 0.154. The van der Waals surface area contributed by atoms with Gasteiger partial charge in [0, 0.05) is 11.9 Å². The second-order valence-corrected chi connectivity index (χ2v) is 4.60. The standard InChI is InChI=1S/C13H9ClF3N3O/c1-7-5-19-11(6-18-7)12(21)20-8-2-3-10(14)9(4-8)13(15,16)17/h2-6H,1H3,(H,20,21). The lowest BCUT2D eigenvalue weighted by molar-refractivity contribution is -0.137. The van der Waals surface area contributed by atoms with Gasteiger partial charge in [-0.3, -0.25) is 9.78 Å². The second kappa shape index (κ2) is 5.69. The third-order valence-electron chi connectivity index (χ3n) is 2.54. The Hall–Kier alpha value is -2.15. The number of hydrogen-bond acceptors (Lipinski definition) is 3. The van der Waals surface area contributed by atoms with Crippen molar-refractivity contribution in [3.05, 3.63) is 52.6 Å². The van der Waals surface area contributed by atoms with Crippen LogP contribution in [-0.4, -0.2) is 15.9 Å². The Morgan fingerprint density at radius 2 is 1.95 bits per heavy atom. The summed E-state index contributed by atoms with van der Waals surface area (Å²) in [5, 5.41) is 1.88. The van der Waals surface area contributed by atoms with Crippen molar-refractivity contribution in [2.45, 2.75) is 13.1 Å². The molecule has 4 nitrogen and oxygen atoms in total. The molecule has 2 aromatic rings. The zero-order valence-electron chi connectivity index (χ0n) is 10.7. The molecule has 0 aliphatic rings. The average molecular weight is 316 g/mol.